The number of nitrogens with zero attached hydrogens (tertiary/aromatic N) is 1. The molecule has 0 fully saturated rings. The van der Waals surface area contributed by atoms with Gasteiger partial charge in [-0.3, -0.25) is 4.79 Å². The lowest BCUT2D eigenvalue weighted by atomic mass is 10.2. The van der Waals surface area contributed by atoms with E-state index in [0.717, 1.165) is 24.2 Å². The normalized spacial score (nSPS) is 10.7. The van der Waals surface area contributed by atoms with Crippen LogP contribution in [0.5, 0.6) is 0 Å². The van der Waals surface area contributed by atoms with Crippen molar-refractivity contribution in [3.8, 4) is 0 Å². The maximum absolute atomic E-state index is 11.6. The fraction of sp³-hybridized carbons (Fsp3) is 0.200. The molecule has 0 bridgehead atoms. The number of H-pyrrole nitrogens is 1. The molecule has 19 heavy (non-hydrogen) atoms. The van der Waals surface area contributed by atoms with Crippen molar-refractivity contribution >= 4 is 12.0 Å². The second kappa shape index (κ2) is 7.16. The lowest BCUT2D eigenvalue weighted by Gasteiger charge is -2.00. The van der Waals surface area contributed by atoms with Crippen LogP contribution in [0.3, 0.4) is 0 Å². The Labute approximate surface area is 112 Å². The molecule has 0 aliphatic carbocycles. The largest absolute Gasteiger partial charge is 0.353 e. The number of nitrogens with one attached hydrogen (secondary N) is 2. The summed E-state index contributed by atoms with van der Waals surface area (Å²) in [5.74, 6) is 0.886. The molecular weight excluding hydrogens is 238 g/mol. The van der Waals surface area contributed by atoms with Crippen LogP contribution in [0.25, 0.3) is 6.08 Å². The van der Waals surface area contributed by atoms with Crippen LogP contribution in [0.15, 0.2) is 48.8 Å². The molecule has 1 heterocycles. The second-order valence-electron chi connectivity index (χ2n) is 4.17. The van der Waals surface area contributed by atoms with Crippen molar-refractivity contribution in [1.82, 2.24) is 15.3 Å². The highest BCUT2D eigenvalue weighted by Crippen LogP contribution is 2.00. The van der Waals surface area contributed by atoms with Crippen LogP contribution in [-0.2, 0) is 11.2 Å². The molecule has 1 amide bonds. The number of rotatable bonds is 6. The Morgan fingerprint density at radius 2 is 2.16 bits per heavy atom. The number of amides is 1. The molecule has 1 aromatic carbocycles. The predicted octanol–water partition coefficient (Wildman–Crippen LogP) is 2.17. The van der Waals surface area contributed by atoms with E-state index >= 15 is 0 Å². The fourth-order valence-electron chi connectivity index (χ4n) is 1.70. The molecule has 0 aliphatic heterocycles. The monoisotopic (exact) mass is 255 g/mol. The van der Waals surface area contributed by atoms with Crippen molar-refractivity contribution in [1.29, 1.82) is 0 Å². The molecule has 4 heteroatoms. The number of hydrogen-bond acceptors (Lipinski definition) is 2. The van der Waals surface area contributed by atoms with Gasteiger partial charge in [-0.2, -0.15) is 0 Å². The summed E-state index contributed by atoms with van der Waals surface area (Å²) in [6, 6.07) is 9.76. The van der Waals surface area contributed by atoms with Crippen molar-refractivity contribution in [3.63, 3.8) is 0 Å². The zero-order valence-corrected chi connectivity index (χ0v) is 10.7. The fourth-order valence-corrected chi connectivity index (χ4v) is 1.70. The first-order valence-electron chi connectivity index (χ1n) is 6.34. The van der Waals surface area contributed by atoms with Crippen LogP contribution < -0.4 is 5.32 Å². The van der Waals surface area contributed by atoms with E-state index in [9.17, 15) is 4.79 Å². The molecule has 0 radical (unpaired) electrons. The van der Waals surface area contributed by atoms with Gasteiger partial charge in [0.2, 0.25) is 5.91 Å². The minimum absolute atomic E-state index is 0.0664. The molecule has 0 atom stereocenters. The van der Waals surface area contributed by atoms with Gasteiger partial charge in [0.05, 0.1) is 0 Å². The van der Waals surface area contributed by atoms with Crippen molar-refractivity contribution in [3.05, 3.63) is 60.2 Å². The first-order chi connectivity index (χ1) is 9.34. The van der Waals surface area contributed by atoms with Crippen molar-refractivity contribution < 1.29 is 4.79 Å². The Bertz CT molecular complexity index is 518. The molecule has 0 unspecified atom stereocenters. The molecule has 2 N–H and O–H groups in total. The van der Waals surface area contributed by atoms with Crippen LogP contribution in [0.2, 0.25) is 0 Å². The second-order valence-corrected chi connectivity index (χ2v) is 4.17. The molecule has 0 saturated carbocycles. The van der Waals surface area contributed by atoms with Crippen molar-refractivity contribution in [2.45, 2.75) is 12.8 Å². The third-order valence-corrected chi connectivity index (χ3v) is 2.67. The van der Waals surface area contributed by atoms with Gasteiger partial charge in [-0.25, -0.2) is 4.98 Å². The van der Waals surface area contributed by atoms with E-state index in [1.54, 1.807) is 18.5 Å². The lowest BCUT2D eigenvalue weighted by molar-refractivity contribution is -0.116. The minimum atomic E-state index is -0.0664. The van der Waals surface area contributed by atoms with Crippen molar-refractivity contribution in [2.24, 2.45) is 0 Å². The summed E-state index contributed by atoms with van der Waals surface area (Å²) in [6.07, 6.45) is 8.62. The SMILES string of the molecule is O=C(/C=C/c1ccccc1)NCCCc1ncc[nH]1. The highest BCUT2D eigenvalue weighted by Gasteiger charge is 1.97. The molecule has 1 aromatic heterocycles. The van der Waals surface area contributed by atoms with Crippen LogP contribution >= 0.6 is 0 Å². The summed E-state index contributed by atoms with van der Waals surface area (Å²) < 4.78 is 0. The van der Waals surface area contributed by atoms with E-state index in [1.165, 1.54) is 0 Å². The molecular formula is C15H17N3O. The van der Waals surface area contributed by atoms with Crippen LogP contribution in [0.1, 0.15) is 17.8 Å². The van der Waals surface area contributed by atoms with E-state index in [2.05, 4.69) is 15.3 Å². The quantitative estimate of drug-likeness (QED) is 0.614. The third-order valence-electron chi connectivity index (χ3n) is 2.67. The van der Waals surface area contributed by atoms with Crippen LogP contribution in [0.4, 0.5) is 0 Å². The van der Waals surface area contributed by atoms with E-state index in [1.807, 2.05) is 36.4 Å². The van der Waals surface area contributed by atoms with E-state index in [0.29, 0.717) is 6.54 Å². The molecule has 2 aromatic rings. The zero-order valence-electron chi connectivity index (χ0n) is 10.7. The summed E-state index contributed by atoms with van der Waals surface area (Å²) in [6.45, 7) is 0.651. The predicted molar refractivity (Wildman–Crippen MR) is 75.4 cm³/mol. The highest BCUT2D eigenvalue weighted by atomic mass is 16.1. The van der Waals surface area contributed by atoms with Gasteiger partial charge < -0.3 is 10.3 Å². The lowest BCUT2D eigenvalue weighted by Crippen LogP contribution is -2.22. The van der Waals surface area contributed by atoms with Gasteiger partial charge in [-0.1, -0.05) is 30.3 Å². The van der Waals surface area contributed by atoms with Gasteiger partial charge in [-0.05, 0) is 18.1 Å². The standard InChI is InChI=1S/C15H17N3O/c19-15(9-8-13-5-2-1-3-6-13)18-10-4-7-14-16-11-12-17-14/h1-3,5-6,8-9,11-12H,4,7,10H2,(H,16,17)(H,18,19)/b9-8+. The van der Waals surface area contributed by atoms with Gasteiger partial charge in [0.25, 0.3) is 0 Å². The Morgan fingerprint density at radius 3 is 2.89 bits per heavy atom. The topological polar surface area (TPSA) is 57.8 Å². The van der Waals surface area contributed by atoms with Gasteiger partial charge in [0.15, 0.2) is 0 Å². The first kappa shape index (κ1) is 13.1. The number of benzene rings is 1. The average molecular weight is 255 g/mol. The van der Waals surface area contributed by atoms with Gasteiger partial charge >= 0.3 is 0 Å². The number of aromatic amines is 1. The third kappa shape index (κ3) is 4.79. The first-order valence-corrected chi connectivity index (χ1v) is 6.34. The molecule has 0 aliphatic rings. The van der Waals surface area contributed by atoms with E-state index in [4.69, 9.17) is 0 Å². The van der Waals surface area contributed by atoms with E-state index in [-0.39, 0.29) is 5.91 Å². The summed E-state index contributed by atoms with van der Waals surface area (Å²) in [4.78, 5) is 18.7. The minimum Gasteiger partial charge on any atom is -0.353 e. The smallest absolute Gasteiger partial charge is 0.243 e. The number of carbonyl (C=O) groups excluding carboxylic acids is 1. The number of imidazole rings is 1. The molecule has 0 spiro atoms. The Morgan fingerprint density at radius 1 is 1.32 bits per heavy atom. The molecule has 2 rings (SSSR count). The van der Waals surface area contributed by atoms with Crippen LogP contribution in [0, 0.1) is 0 Å². The maximum Gasteiger partial charge on any atom is 0.243 e. The summed E-state index contributed by atoms with van der Waals surface area (Å²) in [5, 5.41) is 2.85. The number of aromatic nitrogens is 2. The Hall–Kier alpha value is -2.36. The summed E-state index contributed by atoms with van der Waals surface area (Å²) in [5.41, 5.74) is 1.02. The molecule has 0 saturated heterocycles. The number of aryl methyl sites for hydroxylation is 1. The summed E-state index contributed by atoms with van der Waals surface area (Å²) >= 11 is 0. The Balaban J connectivity index is 1.66. The van der Waals surface area contributed by atoms with Gasteiger partial charge in [0.1, 0.15) is 5.82 Å². The van der Waals surface area contributed by atoms with Crippen molar-refractivity contribution in [2.75, 3.05) is 6.54 Å². The Kier molecular flexibility index (Phi) is 4.93. The molecule has 98 valence electrons. The molecule has 4 nitrogen and oxygen atoms in total. The number of carbonyl (C=O) groups is 1. The maximum atomic E-state index is 11.6. The van der Waals surface area contributed by atoms with Gasteiger partial charge in [-0.15, -0.1) is 0 Å². The zero-order chi connectivity index (χ0) is 13.3. The highest BCUT2D eigenvalue weighted by molar-refractivity contribution is 5.91. The average Bonchev–Trinajstić information content (AvgIpc) is 2.96. The number of hydrogen-bond donors (Lipinski definition) is 2. The van der Waals surface area contributed by atoms with E-state index < -0.39 is 0 Å². The summed E-state index contributed by atoms with van der Waals surface area (Å²) in [7, 11) is 0. The van der Waals surface area contributed by atoms with Crippen LogP contribution in [-0.4, -0.2) is 22.4 Å². The van der Waals surface area contributed by atoms with Gasteiger partial charge in [0, 0.05) is 31.4 Å².